The molecule has 2 aromatic carbocycles. The molecule has 1 atom stereocenters. The van der Waals surface area contributed by atoms with Crippen molar-refractivity contribution in [3.8, 4) is 11.1 Å². The van der Waals surface area contributed by atoms with Crippen LogP contribution in [0.1, 0.15) is 29.8 Å². The van der Waals surface area contributed by atoms with Crippen LogP contribution in [0.5, 0.6) is 0 Å². The highest BCUT2D eigenvalue weighted by atomic mass is 16.2. The molecule has 120 valence electrons. The van der Waals surface area contributed by atoms with E-state index in [0.717, 1.165) is 17.5 Å². The molecule has 0 saturated carbocycles. The van der Waals surface area contributed by atoms with Crippen molar-refractivity contribution < 1.29 is 9.59 Å². The van der Waals surface area contributed by atoms with Crippen molar-refractivity contribution in [1.29, 1.82) is 0 Å². The third-order valence-corrected chi connectivity index (χ3v) is 3.65. The van der Waals surface area contributed by atoms with Gasteiger partial charge in [0.15, 0.2) is 0 Å². The van der Waals surface area contributed by atoms with E-state index in [-0.39, 0.29) is 17.9 Å². The minimum Gasteiger partial charge on any atom is -0.355 e. The van der Waals surface area contributed by atoms with Crippen LogP contribution in [0.25, 0.3) is 11.1 Å². The molecule has 4 nitrogen and oxygen atoms in total. The fraction of sp³-hybridized carbons (Fsp3) is 0.263. The van der Waals surface area contributed by atoms with E-state index in [0.29, 0.717) is 5.56 Å². The second-order valence-electron chi connectivity index (χ2n) is 5.66. The average Bonchev–Trinajstić information content (AvgIpc) is 2.54. The molecule has 4 heteroatoms. The van der Waals surface area contributed by atoms with E-state index in [1.54, 1.807) is 7.05 Å². The topological polar surface area (TPSA) is 58.2 Å². The van der Waals surface area contributed by atoms with Crippen LogP contribution in [-0.4, -0.2) is 24.9 Å². The summed E-state index contributed by atoms with van der Waals surface area (Å²) in [6.07, 6.45) is 0.801. The van der Waals surface area contributed by atoms with Crippen LogP contribution in [-0.2, 0) is 11.2 Å². The second-order valence-corrected chi connectivity index (χ2v) is 5.66. The Labute approximate surface area is 136 Å². The first-order valence-electron chi connectivity index (χ1n) is 7.68. The van der Waals surface area contributed by atoms with Crippen molar-refractivity contribution in [2.24, 2.45) is 0 Å². The monoisotopic (exact) mass is 310 g/mol. The van der Waals surface area contributed by atoms with Crippen molar-refractivity contribution in [2.75, 3.05) is 7.05 Å². The van der Waals surface area contributed by atoms with Crippen molar-refractivity contribution in [3.05, 3.63) is 59.7 Å². The molecule has 1 unspecified atom stereocenters. The van der Waals surface area contributed by atoms with Crippen LogP contribution in [0.4, 0.5) is 0 Å². The summed E-state index contributed by atoms with van der Waals surface area (Å²) < 4.78 is 0. The van der Waals surface area contributed by atoms with Crippen LogP contribution < -0.4 is 10.6 Å². The van der Waals surface area contributed by atoms with E-state index >= 15 is 0 Å². The van der Waals surface area contributed by atoms with Gasteiger partial charge >= 0.3 is 0 Å². The molecule has 0 aromatic heterocycles. The number of carbonyl (C=O) groups is 2. The number of amides is 2. The molecule has 2 rings (SSSR count). The summed E-state index contributed by atoms with van der Waals surface area (Å²) in [5, 5.41) is 5.49. The Hall–Kier alpha value is -2.62. The van der Waals surface area contributed by atoms with Crippen molar-refractivity contribution in [2.45, 2.75) is 26.3 Å². The van der Waals surface area contributed by atoms with Crippen LogP contribution in [0.3, 0.4) is 0 Å². The largest absolute Gasteiger partial charge is 0.355 e. The fourth-order valence-corrected chi connectivity index (χ4v) is 2.54. The Morgan fingerprint density at radius 1 is 0.957 bits per heavy atom. The first-order valence-corrected chi connectivity index (χ1v) is 7.68. The van der Waals surface area contributed by atoms with Crippen molar-refractivity contribution in [1.82, 2.24) is 10.6 Å². The maximum Gasteiger partial charge on any atom is 0.251 e. The van der Waals surface area contributed by atoms with Gasteiger partial charge in [0, 0.05) is 25.6 Å². The van der Waals surface area contributed by atoms with Gasteiger partial charge in [0.25, 0.3) is 5.91 Å². The molecule has 2 amide bonds. The third-order valence-electron chi connectivity index (χ3n) is 3.65. The molecular formula is C19H22N2O2. The van der Waals surface area contributed by atoms with Gasteiger partial charge in [-0.25, -0.2) is 0 Å². The molecule has 0 spiro atoms. The Kier molecular flexibility index (Phi) is 5.52. The molecule has 0 heterocycles. The van der Waals surface area contributed by atoms with E-state index in [9.17, 15) is 9.59 Å². The Morgan fingerprint density at radius 3 is 1.96 bits per heavy atom. The van der Waals surface area contributed by atoms with Gasteiger partial charge in [-0.05, 0) is 42.2 Å². The average molecular weight is 310 g/mol. The Morgan fingerprint density at radius 2 is 1.48 bits per heavy atom. The number of hydrogen-bond acceptors (Lipinski definition) is 2. The molecule has 0 aliphatic carbocycles. The van der Waals surface area contributed by atoms with Crippen LogP contribution in [0.2, 0.25) is 0 Å². The standard InChI is InChI=1S/C19H22N2O2/c1-13(21-14(2)22)12-15-4-6-16(7-5-15)17-8-10-18(11-9-17)19(23)20-3/h4-11,13H,12H2,1-3H3,(H,20,23)(H,21,22). The number of rotatable bonds is 5. The second kappa shape index (κ2) is 7.58. The molecule has 23 heavy (non-hydrogen) atoms. The van der Waals surface area contributed by atoms with Crippen LogP contribution in [0.15, 0.2) is 48.5 Å². The first-order chi connectivity index (χ1) is 11.0. The molecular weight excluding hydrogens is 288 g/mol. The lowest BCUT2D eigenvalue weighted by Crippen LogP contribution is -2.31. The number of nitrogens with one attached hydrogen (secondary N) is 2. The minimum absolute atomic E-state index is 0.00896. The van der Waals surface area contributed by atoms with Crippen molar-refractivity contribution in [3.63, 3.8) is 0 Å². The highest BCUT2D eigenvalue weighted by Crippen LogP contribution is 2.21. The molecule has 0 fully saturated rings. The lowest BCUT2D eigenvalue weighted by molar-refractivity contribution is -0.119. The van der Waals surface area contributed by atoms with E-state index in [1.165, 1.54) is 12.5 Å². The lowest BCUT2D eigenvalue weighted by Gasteiger charge is -2.12. The first kappa shape index (κ1) is 16.7. The summed E-state index contributed by atoms with van der Waals surface area (Å²) in [6.45, 7) is 3.52. The summed E-state index contributed by atoms with van der Waals surface area (Å²) in [7, 11) is 1.62. The SMILES string of the molecule is CNC(=O)c1ccc(-c2ccc(CC(C)NC(C)=O)cc2)cc1. The molecule has 2 N–H and O–H groups in total. The Bertz CT molecular complexity index is 676. The summed E-state index contributed by atoms with van der Waals surface area (Å²) in [5.74, 6) is -0.0933. The van der Waals surface area contributed by atoms with E-state index in [4.69, 9.17) is 0 Å². The summed E-state index contributed by atoms with van der Waals surface area (Å²) in [6, 6.07) is 15.9. The van der Waals surface area contributed by atoms with Gasteiger partial charge in [-0.3, -0.25) is 9.59 Å². The van der Waals surface area contributed by atoms with Gasteiger partial charge in [0.05, 0.1) is 0 Å². The van der Waals surface area contributed by atoms with Crippen LogP contribution >= 0.6 is 0 Å². The fourth-order valence-electron chi connectivity index (χ4n) is 2.54. The molecule has 0 saturated heterocycles. The highest BCUT2D eigenvalue weighted by Gasteiger charge is 2.06. The summed E-state index contributed by atoms with van der Waals surface area (Å²) in [5.41, 5.74) is 4.00. The van der Waals surface area contributed by atoms with E-state index in [2.05, 4.69) is 34.9 Å². The van der Waals surface area contributed by atoms with E-state index in [1.807, 2.05) is 31.2 Å². The maximum atomic E-state index is 11.5. The number of hydrogen-bond donors (Lipinski definition) is 2. The quantitative estimate of drug-likeness (QED) is 0.892. The molecule has 2 aromatic rings. The molecule has 0 aliphatic rings. The van der Waals surface area contributed by atoms with Gasteiger partial charge < -0.3 is 10.6 Å². The normalized spacial score (nSPS) is 11.6. The number of carbonyl (C=O) groups excluding carboxylic acids is 2. The molecule has 0 radical (unpaired) electrons. The maximum absolute atomic E-state index is 11.5. The highest BCUT2D eigenvalue weighted by molar-refractivity contribution is 5.94. The van der Waals surface area contributed by atoms with E-state index < -0.39 is 0 Å². The Balaban J connectivity index is 2.07. The summed E-state index contributed by atoms with van der Waals surface area (Å²) >= 11 is 0. The lowest BCUT2D eigenvalue weighted by atomic mass is 10.00. The van der Waals surface area contributed by atoms with Crippen molar-refractivity contribution >= 4 is 11.8 Å². The van der Waals surface area contributed by atoms with Gasteiger partial charge in [0.1, 0.15) is 0 Å². The molecule has 0 aliphatic heterocycles. The smallest absolute Gasteiger partial charge is 0.251 e. The van der Waals surface area contributed by atoms with Gasteiger partial charge in [-0.1, -0.05) is 36.4 Å². The molecule has 0 bridgehead atoms. The summed E-state index contributed by atoms with van der Waals surface area (Å²) in [4.78, 5) is 22.6. The minimum atomic E-state index is -0.0844. The zero-order valence-corrected chi connectivity index (χ0v) is 13.7. The zero-order chi connectivity index (χ0) is 16.8. The number of benzene rings is 2. The van der Waals surface area contributed by atoms with Gasteiger partial charge in [-0.2, -0.15) is 0 Å². The van der Waals surface area contributed by atoms with Gasteiger partial charge in [0.2, 0.25) is 5.91 Å². The third kappa shape index (κ3) is 4.68. The van der Waals surface area contributed by atoms with Crippen LogP contribution in [0, 0.1) is 0 Å². The van der Waals surface area contributed by atoms with Gasteiger partial charge in [-0.15, -0.1) is 0 Å². The predicted molar refractivity (Wildman–Crippen MR) is 92.3 cm³/mol. The predicted octanol–water partition coefficient (Wildman–Crippen LogP) is 2.78. The zero-order valence-electron chi connectivity index (χ0n) is 13.7.